The Hall–Kier alpha value is -2.38. The highest BCUT2D eigenvalue weighted by atomic mass is 15.1. The number of benzene rings is 1. The highest BCUT2D eigenvalue weighted by Crippen LogP contribution is 2.20. The molecular weight excluding hydrogens is 296 g/mol. The number of nitriles is 1. The van der Waals surface area contributed by atoms with E-state index in [0.717, 1.165) is 12.5 Å². The Bertz CT molecular complexity index is 720. The number of anilines is 1. The highest BCUT2D eigenvalue weighted by molar-refractivity contribution is 5.51. The van der Waals surface area contributed by atoms with E-state index in [1.165, 1.54) is 37.1 Å². The van der Waals surface area contributed by atoms with Gasteiger partial charge in [0.25, 0.3) is 0 Å². The van der Waals surface area contributed by atoms with Crippen molar-refractivity contribution < 1.29 is 0 Å². The van der Waals surface area contributed by atoms with Crippen LogP contribution in [-0.2, 0) is 13.1 Å². The Balaban J connectivity index is 1.69. The molecule has 0 bridgehead atoms. The number of piperidine rings is 1. The summed E-state index contributed by atoms with van der Waals surface area (Å²) in [6, 6.07) is 14.3. The van der Waals surface area contributed by atoms with Crippen molar-refractivity contribution >= 4 is 5.82 Å². The third-order valence-electron chi connectivity index (χ3n) is 4.63. The van der Waals surface area contributed by atoms with Gasteiger partial charge in [-0.3, -0.25) is 4.90 Å². The number of rotatable bonds is 5. The van der Waals surface area contributed by atoms with Crippen LogP contribution in [0.4, 0.5) is 5.82 Å². The van der Waals surface area contributed by atoms with Crippen LogP contribution in [0.1, 0.15) is 36.5 Å². The molecule has 0 radical (unpaired) electrons. The van der Waals surface area contributed by atoms with Crippen molar-refractivity contribution in [2.24, 2.45) is 5.92 Å². The lowest BCUT2D eigenvalue weighted by atomic mass is 9.99. The standard InChI is InChI=1S/C20H24N4/c1-16-6-5-11-24(14-16)15-19-8-3-2-7-18(19)13-23-20-17(12-21)9-4-10-22-20/h2-4,7-10,16H,5-6,11,13-15H2,1H3,(H,22,23)/t16-/m0/s1. The summed E-state index contributed by atoms with van der Waals surface area (Å²) < 4.78 is 0. The fourth-order valence-corrected chi connectivity index (χ4v) is 3.37. The minimum absolute atomic E-state index is 0.583. The van der Waals surface area contributed by atoms with Gasteiger partial charge >= 0.3 is 0 Å². The molecule has 2 heterocycles. The molecule has 1 aliphatic rings. The summed E-state index contributed by atoms with van der Waals surface area (Å²) >= 11 is 0. The zero-order valence-electron chi connectivity index (χ0n) is 14.2. The van der Waals surface area contributed by atoms with Gasteiger partial charge in [0.2, 0.25) is 0 Å². The first-order chi connectivity index (χ1) is 11.8. The Labute approximate surface area is 144 Å². The summed E-state index contributed by atoms with van der Waals surface area (Å²) in [5.74, 6) is 1.44. The van der Waals surface area contributed by atoms with E-state index in [9.17, 15) is 5.26 Å². The Morgan fingerprint density at radius 2 is 2.08 bits per heavy atom. The van der Waals surface area contributed by atoms with E-state index in [1.807, 2.05) is 0 Å². The minimum atomic E-state index is 0.583. The van der Waals surface area contributed by atoms with Crippen LogP contribution in [0.5, 0.6) is 0 Å². The van der Waals surface area contributed by atoms with Crippen LogP contribution in [0.3, 0.4) is 0 Å². The maximum absolute atomic E-state index is 9.17. The highest BCUT2D eigenvalue weighted by Gasteiger charge is 2.17. The molecule has 0 spiro atoms. The van der Waals surface area contributed by atoms with Gasteiger partial charge in [-0.15, -0.1) is 0 Å². The van der Waals surface area contributed by atoms with Crippen LogP contribution in [0, 0.1) is 17.2 Å². The lowest BCUT2D eigenvalue weighted by Crippen LogP contribution is -2.34. The first-order valence-corrected chi connectivity index (χ1v) is 8.64. The van der Waals surface area contributed by atoms with Crippen molar-refractivity contribution in [2.45, 2.75) is 32.9 Å². The monoisotopic (exact) mass is 320 g/mol. The molecule has 1 N–H and O–H groups in total. The van der Waals surface area contributed by atoms with Crippen LogP contribution in [0.25, 0.3) is 0 Å². The topological polar surface area (TPSA) is 52.0 Å². The van der Waals surface area contributed by atoms with Crippen LogP contribution in [0.2, 0.25) is 0 Å². The Morgan fingerprint density at radius 3 is 2.88 bits per heavy atom. The summed E-state index contributed by atoms with van der Waals surface area (Å²) in [5.41, 5.74) is 3.21. The van der Waals surface area contributed by atoms with Crippen molar-refractivity contribution in [1.29, 1.82) is 5.26 Å². The molecule has 1 fully saturated rings. The van der Waals surface area contributed by atoms with Gasteiger partial charge in [-0.05, 0) is 48.6 Å². The Morgan fingerprint density at radius 1 is 1.25 bits per heavy atom. The van der Waals surface area contributed by atoms with Crippen LogP contribution >= 0.6 is 0 Å². The van der Waals surface area contributed by atoms with Gasteiger partial charge in [0, 0.05) is 25.8 Å². The number of nitrogens with zero attached hydrogens (tertiary/aromatic N) is 3. The molecule has 0 unspecified atom stereocenters. The van der Waals surface area contributed by atoms with Gasteiger partial charge in [0.05, 0.1) is 5.56 Å². The average Bonchev–Trinajstić information content (AvgIpc) is 2.61. The van der Waals surface area contributed by atoms with Gasteiger partial charge in [0.1, 0.15) is 11.9 Å². The summed E-state index contributed by atoms with van der Waals surface area (Å²) in [7, 11) is 0. The summed E-state index contributed by atoms with van der Waals surface area (Å²) in [6.07, 6.45) is 4.35. The molecule has 3 rings (SSSR count). The molecule has 1 atom stereocenters. The van der Waals surface area contributed by atoms with E-state index in [-0.39, 0.29) is 0 Å². The number of hydrogen-bond donors (Lipinski definition) is 1. The normalized spacial score (nSPS) is 18.1. The van der Waals surface area contributed by atoms with Gasteiger partial charge in [0.15, 0.2) is 0 Å². The quantitative estimate of drug-likeness (QED) is 0.910. The first kappa shape index (κ1) is 16.5. The van der Waals surface area contributed by atoms with E-state index >= 15 is 0 Å². The third kappa shape index (κ3) is 4.12. The predicted octanol–water partition coefficient (Wildman–Crippen LogP) is 3.80. The second kappa shape index (κ2) is 7.94. The number of nitrogens with one attached hydrogen (secondary N) is 1. The van der Waals surface area contributed by atoms with Crippen LogP contribution in [-0.4, -0.2) is 23.0 Å². The minimum Gasteiger partial charge on any atom is -0.365 e. The van der Waals surface area contributed by atoms with Gasteiger partial charge in [-0.1, -0.05) is 31.2 Å². The van der Waals surface area contributed by atoms with E-state index in [2.05, 4.69) is 52.5 Å². The van der Waals surface area contributed by atoms with E-state index in [4.69, 9.17) is 0 Å². The second-order valence-electron chi connectivity index (χ2n) is 6.62. The average molecular weight is 320 g/mol. The van der Waals surface area contributed by atoms with Crippen LogP contribution in [0.15, 0.2) is 42.6 Å². The lowest BCUT2D eigenvalue weighted by molar-refractivity contribution is 0.176. The third-order valence-corrected chi connectivity index (χ3v) is 4.63. The van der Waals surface area contributed by atoms with E-state index in [1.54, 1.807) is 18.3 Å². The van der Waals surface area contributed by atoms with Crippen LogP contribution < -0.4 is 5.32 Å². The maximum atomic E-state index is 9.17. The molecule has 0 amide bonds. The van der Waals surface area contributed by atoms with Gasteiger partial charge in [-0.2, -0.15) is 5.26 Å². The summed E-state index contributed by atoms with van der Waals surface area (Å²) in [6.45, 7) is 6.39. The maximum Gasteiger partial charge on any atom is 0.144 e. The zero-order valence-corrected chi connectivity index (χ0v) is 14.2. The molecule has 0 aliphatic carbocycles. The number of pyridine rings is 1. The molecule has 1 aromatic carbocycles. The molecule has 0 saturated carbocycles. The fraction of sp³-hybridized carbons (Fsp3) is 0.400. The molecule has 2 aromatic rings. The Kier molecular flexibility index (Phi) is 5.45. The number of aromatic nitrogens is 1. The first-order valence-electron chi connectivity index (χ1n) is 8.64. The second-order valence-corrected chi connectivity index (χ2v) is 6.62. The number of likely N-dealkylation sites (tertiary alicyclic amines) is 1. The summed E-state index contributed by atoms with van der Waals surface area (Å²) in [5, 5.41) is 12.5. The SMILES string of the molecule is C[C@H]1CCCN(Cc2ccccc2CNc2ncccc2C#N)C1. The van der Waals surface area contributed by atoms with Crippen molar-refractivity contribution in [3.8, 4) is 6.07 Å². The molecule has 1 saturated heterocycles. The largest absolute Gasteiger partial charge is 0.365 e. The number of hydrogen-bond acceptors (Lipinski definition) is 4. The molecule has 1 aliphatic heterocycles. The predicted molar refractivity (Wildman–Crippen MR) is 96.4 cm³/mol. The molecular formula is C20H24N4. The zero-order chi connectivity index (χ0) is 16.8. The van der Waals surface area contributed by atoms with Gasteiger partial charge in [-0.25, -0.2) is 4.98 Å². The van der Waals surface area contributed by atoms with Gasteiger partial charge < -0.3 is 5.32 Å². The van der Waals surface area contributed by atoms with E-state index < -0.39 is 0 Å². The molecule has 4 heteroatoms. The summed E-state index contributed by atoms with van der Waals surface area (Å²) in [4.78, 5) is 6.83. The van der Waals surface area contributed by atoms with Crippen molar-refractivity contribution in [1.82, 2.24) is 9.88 Å². The molecule has 124 valence electrons. The van der Waals surface area contributed by atoms with Crippen molar-refractivity contribution in [2.75, 3.05) is 18.4 Å². The molecule has 1 aromatic heterocycles. The van der Waals surface area contributed by atoms with E-state index in [0.29, 0.717) is 17.9 Å². The lowest BCUT2D eigenvalue weighted by Gasteiger charge is -2.31. The fourth-order valence-electron chi connectivity index (χ4n) is 3.37. The van der Waals surface area contributed by atoms with Crippen molar-refractivity contribution in [3.63, 3.8) is 0 Å². The van der Waals surface area contributed by atoms with Crippen molar-refractivity contribution in [3.05, 3.63) is 59.3 Å². The smallest absolute Gasteiger partial charge is 0.144 e. The molecule has 4 nitrogen and oxygen atoms in total. The molecule has 24 heavy (non-hydrogen) atoms.